The largest absolute Gasteiger partial charge is 0.0736 e. The van der Waals surface area contributed by atoms with E-state index in [0.29, 0.717) is 11.8 Å². The van der Waals surface area contributed by atoms with Gasteiger partial charge < -0.3 is 0 Å². The first kappa shape index (κ1) is 25.0. The molecule has 2 aliphatic rings. The van der Waals surface area contributed by atoms with Crippen molar-refractivity contribution in [3.8, 4) is 11.1 Å². The summed E-state index contributed by atoms with van der Waals surface area (Å²) >= 11 is 0. The fourth-order valence-corrected chi connectivity index (χ4v) is 5.62. The number of allylic oxidation sites excluding steroid dienone is 4. The molecular formula is C34H46. The molecule has 0 aliphatic heterocycles. The van der Waals surface area contributed by atoms with Gasteiger partial charge in [0.05, 0.1) is 0 Å². The average molecular weight is 455 g/mol. The van der Waals surface area contributed by atoms with Crippen molar-refractivity contribution >= 4 is 0 Å². The van der Waals surface area contributed by atoms with Gasteiger partial charge in [0.2, 0.25) is 0 Å². The van der Waals surface area contributed by atoms with E-state index in [1.54, 1.807) is 11.1 Å². The van der Waals surface area contributed by atoms with Crippen LogP contribution < -0.4 is 0 Å². The molecule has 4 rings (SSSR count). The molecule has 34 heavy (non-hydrogen) atoms. The minimum absolute atomic E-state index is 0.135. The van der Waals surface area contributed by atoms with Crippen LogP contribution in [0.1, 0.15) is 116 Å². The Morgan fingerprint density at radius 2 is 1.41 bits per heavy atom. The molecule has 0 nitrogen and oxygen atoms in total. The minimum atomic E-state index is 0.135. The van der Waals surface area contributed by atoms with Gasteiger partial charge in [0.25, 0.3) is 0 Å². The zero-order valence-corrected chi connectivity index (χ0v) is 23.6. The van der Waals surface area contributed by atoms with Crippen LogP contribution >= 0.6 is 0 Å². The maximum Gasteiger partial charge on any atom is -0.00106 e. The van der Waals surface area contributed by atoms with Crippen LogP contribution in [0.2, 0.25) is 0 Å². The lowest BCUT2D eigenvalue weighted by molar-refractivity contribution is 0.513. The topological polar surface area (TPSA) is 0 Å². The van der Waals surface area contributed by atoms with Gasteiger partial charge in [-0.05, 0) is 92.4 Å². The van der Waals surface area contributed by atoms with Crippen molar-refractivity contribution in [1.82, 2.24) is 0 Å². The van der Waals surface area contributed by atoms with Crippen molar-refractivity contribution in [2.24, 2.45) is 11.3 Å². The first-order valence-electron chi connectivity index (χ1n) is 13.3. The summed E-state index contributed by atoms with van der Waals surface area (Å²) in [4.78, 5) is 0. The highest BCUT2D eigenvalue weighted by atomic mass is 14.3. The van der Waals surface area contributed by atoms with E-state index in [-0.39, 0.29) is 16.2 Å². The highest BCUT2D eigenvalue weighted by Crippen LogP contribution is 2.46. The first-order chi connectivity index (χ1) is 15.6. The Kier molecular flexibility index (Phi) is 6.07. The third-order valence-electron chi connectivity index (χ3n) is 8.14. The van der Waals surface area contributed by atoms with E-state index in [0.717, 1.165) is 6.42 Å². The van der Waals surface area contributed by atoms with E-state index in [1.165, 1.54) is 45.4 Å². The molecule has 2 aromatic carbocycles. The van der Waals surface area contributed by atoms with Gasteiger partial charge in [-0.2, -0.15) is 0 Å². The molecule has 0 bridgehead atoms. The van der Waals surface area contributed by atoms with Gasteiger partial charge in [-0.3, -0.25) is 0 Å². The van der Waals surface area contributed by atoms with Gasteiger partial charge in [0.15, 0.2) is 0 Å². The zero-order chi connectivity index (χ0) is 25.2. The molecule has 2 atom stereocenters. The van der Waals surface area contributed by atoms with Crippen molar-refractivity contribution in [2.75, 3.05) is 0 Å². The zero-order valence-electron chi connectivity index (χ0n) is 23.6. The molecule has 0 fully saturated rings. The summed E-state index contributed by atoms with van der Waals surface area (Å²) in [6.45, 7) is 25.8. The Bertz CT molecular complexity index is 1160. The SMILES string of the molecule is CC1=CC(C(C)(C)C)=CC1CC(C)c1cc(C(C)(C)C)cc2c1Cc1ccc(C(C)(C)C)cc1-2. The van der Waals surface area contributed by atoms with Crippen molar-refractivity contribution in [1.29, 1.82) is 0 Å². The summed E-state index contributed by atoms with van der Waals surface area (Å²) in [5.74, 6) is 1.07. The molecule has 0 heterocycles. The Morgan fingerprint density at radius 3 is 1.97 bits per heavy atom. The first-order valence-corrected chi connectivity index (χ1v) is 13.3. The quantitative estimate of drug-likeness (QED) is 0.369. The summed E-state index contributed by atoms with van der Waals surface area (Å²) in [6, 6.07) is 12.3. The molecule has 0 saturated carbocycles. The standard InChI is InChI=1S/C34H46/c1-21-15-26(33(6,7)8)16-24(21)14-22(2)28-19-27(34(9,10)11)20-31-29-18-25(32(3,4)5)13-12-23(29)17-30(28)31/h12-13,15-16,18-20,22,24H,14,17H2,1-11H3. The predicted molar refractivity (Wildman–Crippen MR) is 150 cm³/mol. The minimum Gasteiger partial charge on any atom is -0.0736 e. The van der Waals surface area contributed by atoms with E-state index >= 15 is 0 Å². The van der Waals surface area contributed by atoms with Crippen LogP contribution in [0.4, 0.5) is 0 Å². The van der Waals surface area contributed by atoms with E-state index in [1.807, 2.05) is 0 Å². The van der Waals surface area contributed by atoms with Crippen LogP contribution in [0.15, 0.2) is 53.6 Å². The average Bonchev–Trinajstić information content (AvgIpc) is 3.25. The molecule has 2 aromatic rings. The highest BCUT2D eigenvalue weighted by molar-refractivity contribution is 5.80. The van der Waals surface area contributed by atoms with Gasteiger partial charge in [-0.15, -0.1) is 0 Å². The predicted octanol–water partition coefficient (Wildman–Crippen LogP) is 9.89. The van der Waals surface area contributed by atoms with Crippen LogP contribution in [0.3, 0.4) is 0 Å². The Morgan fingerprint density at radius 1 is 0.794 bits per heavy atom. The summed E-state index contributed by atoms with van der Waals surface area (Å²) in [5, 5.41) is 0. The summed E-state index contributed by atoms with van der Waals surface area (Å²) in [5.41, 5.74) is 14.0. The van der Waals surface area contributed by atoms with Gasteiger partial charge >= 0.3 is 0 Å². The third-order valence-corrected chi connectivity index (χ3v) is 8.14. The van der Waals surface area contributed by atoms with Crippen LogP contribution in [-0.4, -0.2) is 0 Å². The van der Waals surface area contributed by atoms with Gasteiger partial charge in [0.1, 0.15) is 0 Å². The van der Waals surface area contributed by atoms with E-state index in [9.17, 15) is 0 Å². The smallest absolute Gasteiger partial charge is 0.00106 e. The lowest BCUT2D eigenvalue weighted by Gasteiger charge is -2.26. The van der Waals surface area contributed by atoms with Crippen LogP contribution in [0.5, 0.6) is 0 Å². The van der Waals surface area contributed by atoms with Crippen LogP contribution in [0, 0.1) is 11.3 Å². The van der Waals surface area contributed by atoms with Crippen molar-refractivity contribution in [3.63, 3.8) is 0 Å². The second-order valence-electron chi connectivity index (χ2n) is 14.1. The van der Waals surface area contributed by atoms with Crippen LogP contribution in [-0.2, 0) is 17.3 Å². The maximum atomic E-state index is 2.55. The van der Waals surface area contributed by atoms with Crippen molar-refractivity contribution in [3.05, 3.63) is 81.4 Å². The van der Waals surface area contributed by atoms with Crippen molar-refractivity contribution in [2.45, 2.75) is 106 Å². The number of hydrogen-bond donors (Lipinski definition) is 0. The maximum absolute atomic E-state index is 2.55. The molecule has 2 unspecified atom stereocenters. The normalized spacial score (nSPS) is 19.0. The number of fused-ring (bicyclic) bond motifs is 3. The van der Waals surface area contributed by atoms with Crippen molar-refractivity contribution < 1.29 is 0 Å². The van der Waals surface area contributed by atoms with E-state index in [2.05, 4.69) is 119 Å². The summed E-state index contributed by atoms with van der Waals surface area (Å²) in [6.07, 6.45) is 7.24. The highest BCUT2D eigenvalue weighted by Gasteiger charge is 2.30. The second kappa shape index (κ2) is 8.25. The number of rotatable bonds is 3. The lowest BCUT2D eigenvalue weighted by atomic mass is 9.78. The van der Waals surface area contributed by atoms with E-state index in [4.69, 9.17) is 0 Å². The molecule has 182 valence electrons. The Hall–Kier alpha value is -2.08. The monoisotopic (exact) mass is 454 g/mol. The molecule has 2 aliphatic carbocycles. The molecular weight excluding hydrogens is 408 g/mol. The summed E-state index contributed by atoms with van der Waals surface area (Å²) < 4.78 is 0. The second-order valence-corrected chi connectivity index (χ2v) is 14.1. The molecule has 0 saturated heterocycles. The number of hydrogen-bond acceptors (Lipinski definition) is 0. The van der Waals surface area contributed by atoms with Gasteiger partial charge in [0, 0.05) is 0 Å². The summed E-state index contributed by atoms with van der Waals surface area (Å²) in [7, 11) is 0. The molecule has 0 aromatic heterocycles. The molecule has 0 N–H and O–H groups in total. The van der Waals surface area contributed by atoms with Crippen LogP contribution in [0.25, 0.3) is 11.1 Å². The molecule has 0 amide bonds. The fraction of sp³-hybridized carbons (Fsp3) is 0.529. The Balaban J connectivity index is 1.77. The lowest BCUT2D eigenvalue weighted by Crippen LogP contribution is -2.14. The molecule has 0 spiro atoms. The van der Waals surface area contributed by atoms with Gasteiger partial charge in [-0.1, -0.05) is 117 Å². The Labute approximate surface area is 209 Å². The molecule has 0 radical (unpaired) electrons. The molecule has 0 heteroatoms. The fourth-order valence-electron chi connectivity index (χ4n) is 5.62. The van der Waals surface area contributed by atoms with E-state index < -0.39 is 0 Å². The van der Waals surface area contributed by atoms with Gasteiger partial charge in [-0.25, -0.2) is 0 Å². The third kappa shape index (κ3) is 4.71. The number of benzene rings is 2.